The van der Waals surface area contributed by atoms with E-state index in [1.165, 1.54) is 16.7 Å². The van der Waals surface area contributed by atoms with E-state index in [2.05, 4.69) is 72.8 Å². The van der Waals surface area contributed by atoms with E-state index in [1.54, 1.807) is 7.11 Å². The molecule has 3 aromatic rings. The number of carboxylic acids is 1. The summed E-state index contributed by atoms with van der Waals surface area (Å²) in [6.07, 6.45) is -0.00280. The SMILES string of the molecule is COc1ccc(C(SCCOCCOCCOCCOCCOCCOCCOCCOCCC(=O)O)(c2ccccc2)c2ccccc2)cc1. The van der Waals surface area contributed by atoms with Crippen molar-refractivity contribution >= 4 is 17.7 Å². The molecule has 11 nitrogen and oxygen atoms in total. The van der Waals surface area contributed by atoms with Crippen molar-refractivity contribution in [3.63, 3.8) is 0 Å². The van der Waals surface area contributed by atoms with Crippen molar-refractivity contribution in [1.29, 1.82) is 0 Å². The van der Waals surface area contributed by atoms with Gasteiger partial charge in [-0.25, -0.2) is 0 Å². The van der Waals surface area contributed by atoms with Gasteiger partial charge in [0.05, 0.1) is 124 Å². The summed E-state index contributed by atoms with van der Waals surface area (Å²) in [5.74, 6) is 0.755. The van der Waals surface area contributed by atoms with Gasteiger partial charge in [0, 0.05) is 5.75 Å². The summed E-state index contributed by atoms with van der Waals surface area (Å²) in [7, 11) is 1.69. The molecular formula is C39H54O11S. The molecule has 12 heteroatoms. The summed E-state index contributed by atoms with van der Waals surface area (Å²) in [4.78, 5) is 10.4. The average Bonchev–Trinajstić information content (AvgIpc) is 3.17. The lowest BCUT2D eigenvalue weighted by atomic mass is 9.84. The molecule has 0 bridgehead atoms. The van der Waals surface area contributed by atoms with E-state index >= 15 is 0 Å². The molecule has 51 heavy (non-hydrogen) atoms. The third-order valence-corrected chi connectivity index (χ3v) is 8.98. The summed E-state index contributed by atoms with van der Waals surface area (Å²) in [6.45, 7) is 7.37. The maximum Gasteiger partial charge on any atom is 0.305 e. The first kappa shape index (κ1) is 42.4. The number of carboxylic acid groups (broad SMARTS) is 1. The third kappa shape index (κ3) is 17.4. The Kier molecular flexibility index (Phi) is 22.9. The van der Waals surface area contributed by atoms with E-state index < -0.39 is 10.7 Å². The lowest BCUT2D eigenvalue weighted by Crippen LogP contribution is -2.27. The Balaban J connectivity index is 1.17. The van der Waals surface area contributed by atoms with Crippen LogP contribution in [0.3, 0.4) is 0 Å². The zero-order valence-corrected chi connectivity index (χ0v) is 30.6. The van der Waals surface area contributed by atoms with Gasteiger partial charge in [-0.05, 0) is 28.8 Å². The second kappa shape index (κ2) is 27.6. The fraction of sp³-hybridized carbons (Fsp3) is 0.513. The highest BCUT2D eigenvalue weighted by Gasteiger charge is 2.36. The van der Waals surface area contributed by atoms with Gasteiger partial charge < -0.3 is 47.7 Å². The molecule has 0 fully saturated rings. The van der Waals surface area contributed by atoms with E-state index in [1.807, 2.05) is 23.9 Å². The Morgan fingerprint density at radius 2 is 0.824 bits per heavy atom. The minimum Gasteiger partial charge on any atom is -0.497 e. The molecule has 0 aliphatic carbocycles. The number of aliphatic carboxylic acids is 1. The Hall–Kier alpha value is -3.04. The second-order valence-corrected chi connectivity index (χ2v) is 12.3. The first-order valence-corrected chi connectivity index (χ1v) is 18.4. The summed E-state index contributed by atoms with van der Waals surface area (Å²) in [6, 6.07) is 29.6. The van der Waals surface area contributed by atoms with Crippen LogP contribution in [0.4, 0.5) is 0 Å². The van der Waals surface area contributed by atoms with Crippen LogP contribution in [0.5, 0.6) is 5.75 Å². The van der Waals surface area contributed by atoms with Gasteiger partial charge in [0.25, 0.3) is 0 Å². The van der Waals surface area contributed by atoms with Gasteiger partial charge >= 0.3 is 5.97 Å². The van der Waals surface area contributed by atoms with Gasteiger partial charge in [-0.2, -0.15) is 0 Å². The Morgan fingerprint density at radius 3 is 1.18 bits per heavy atom. The average molecular weight is 731 g/mol. The summed E-state index contributed by atoms with van der Waals surface area (Å²) < 4.78 is 49.2. The molecule has 0 spiro atoms. The van der Waals surface area contributed by atoms with Crippen LogP contribution >= 0.6 is 11.8 Å². The van der Waals surface area contributed by atoms with Gasteiger partial charge in [-0.3, -0.25) is 4.79 Å². The normalized spacial score (nSPS) is 11.5. The van der Waals surface area contributed by atoms with Crippen LogP contribution < -0.4 is 4.74 Å². The third-order valence-electron chi connectivity index (χ3n) is 7.47. The van der Waals surface area contributed by atoms with Crippen molar-refractivity contribution in [2.75, 3.05) is 119 Å². The molecule has 0 unspecified atom stereocenters. The highest BCUT2D eigenvalue weighted by molar-refractivity contribution is 8.00. The van der Waals surface area contributed by atoms with Crippen molar-refractivity contribution in [3.8, 4) is 5.75 Å². The molecule has 0 aliphatic rings. The minimum absolute atomic E-state index is 0.00280. The molecule has 0 heterocycles. The van der Waals surface area contributed by atoms with Crippen molar-refractivity contribution in [2.24, 2.45) is 0 Å². The van der Waals surface area contributed by atoms with Gasteiger partial charge in [0.15, 0.2) is 0 Å². The zero-order valence-electron chi connectivity index (χ0n) is 29.7. The van der Waals surface area contributed by atoms with Crippen LogP contribution in [-0.4, -0.2) is 130 Å². The molecule has 282 valence electrons. The monoisotopic (exact) mass is 730 g/mol. The Morgan fingerprint density at radius 1 is 0.490 bits per heavy atom. The lowest BCUT2D eigenvalue weighted by molar-refractivity contribution is -0.138. The number of carbonyl (C=O) groups is 1. The molecule has 0 saturated heterocycles. The van der Waals surface area contributed by atoms with Crippen molar-refractivity contribution < 1.29 is 52.5 Å². The largest absolute Gasteiger partial charge is 0.497 e. The molecule has 0 aromatic heterocycles. The minimum atomic E-state index is -0.873. The van der Waals surface area contributed by atoms with Crippen molar-refractivity contribution in [2.45, 2.75) is 11.2 Å². The molecule has 3 rings (SSSR count). The predicted octanol–water partition coefficient (Wildman–Crippen LogP) is 5.33. The Labute approximate surface area is 306 Å². The van der Waals surface area contributed by atoms with Gasteiger partial charge in [0.2, 0.25) is 0 Å². The second-order valence-electron chi connectivity index (χ2n) is 11.0. The lowest BCUT2D eigenvalue weighted by Gasteiger charge is -2.35. The molecule has 1 N–H and O–H groups in total. The number of hydrogen-bond acceptors (Lipinski definition) is 11. The van der Waals surface area contributed by atoms with Crippen LogP contribution in [-0.2, 0) is 47.4 Å². The molecule has 0 radical (unpaired) electrons. The van der Waals surface area contributed by atoms with Gasteiger partial charge in [-0.1, -0.05) is 72.8 Å². The molecule has 0 saturated carbocycles. The first-order chi connectivity index (χ1) is 25.2. The fourth-order valence-electron chi connectivity index (χ4n) is 4.98. The highest BCUT2D eigenvalue weighted by Crippen LogP contribution is 2.48. The van der Waals surface area contributed by atoms with Gasteiger partial charge in [-0.15, -0.1) is 11.8 Å². The van der Waals surface area contributed by atoms with Crippen LogP contribution in [0, 0.1) is 0 Å². The number of ether oxygens (including phenoxy) is 9. The number of hydrogen-bond donors (Lipinski definition) is 1. The molecule has 0 amide bonds. The molecular weight excluding hydrogens is 676 g/mol. The number of benzene rings is 3. The van der Waals surface area contributed by atoms with Crippen molar-refractivity contribution in [1.82, 2.24) is 0 Å². The van der Waals surface area contributed by atoms with E-state index in [-0.39, 0.29) is 13.0 Å². The smallest absolute Gasteiger partial charge is 0.305 e. The maximum atomic E-state index is 10.4. The summed E-state index contributed by atoms with van der Waals surface area (Å²) in [5.41, 5.74) is 3.61. The zero-order chi connectivity index (χ0) is 36.1. The topological polar surface area (TPSA) is 120 Å². The quantitative estimate of drug-likeness (QED) is 0.0661. The molecule has 0 atom stereocenters. The van der Waals surface area contributed by atoms with Crippen LogP contribution in [0.2, 0.25) is 0 Å². The molecule has 0 aliphatic heterocycles. The van der Waals surface area contributed by atoms with Crippen LogP contribution in [0.15, 0.2) is 84.9 Å². The molecule has 3 aromatic carbocycles. The van der Waals surface area contributed by atoms with Crippen LogP contribution in [0.1, 0.15) is 23.1 Å². The van der Waals surface area contributed by atoms with E-state index in [4.69, 9.17) is 47.7 Å². The number of rotatable bonds is 32. The van der Waals surface area contributed by atoms with E-state index in [0.29, 0.717) is 99.1 Å². The number of thioether (sulfide) groups is 1. The Bertz CT molecular complexity index is 1230. The standard InChI is InChI=1S/C39H54O11S/c1-42-37-14-12-36(13-15-37)39(34-8-4-2-5-9-34,35-10-6-3-7-11-35)51-33-32-50-31-30-49-29-28-48-27-26-47-25-24-46-23-22-45-21-20-44-19-18-43-17-16-38(40)41/h2-15H,16-33H2,1H3,(H,40,41). The van der Waals surface area contributed by atoms with Crippen LogP contribution in [0.25, 0.3) is 0 Å². The fourth-order valence-corrected chi connectivity index (χ4v) is 6.39. The number of methoxy groups -OCH3 is 1. The summed E-state index contributed by atoms with van der Waals surface area (Å²) >= 11 is 1.86. The first-order valence-electron chi connectivity index (χ1n) is 17.4. The maximum absolute atomic E-state index is 10.4. The summed E-state index contributed by atoms with van der Waals surface area (Å²) in [5, 5.41) is 8.52. The predicted molar refractivity (Wildman–Crippen MR) is 197 cm³/mol. The van der Waals surface area contributed by atoms with E-state index in [9.17, 15) is 4.79 Å². The van der Waals surface area contributed by atoms with Crippen molar-refractivity contribution in [3.05, 3.63) is 102 Å². The highest BCUT2D eigenvalue weighted by atomic mass is 32.2. The van der Waals surface area contributed by atoms with E-state index in [0.717, 1.165) is 11.5 Å². The van der Waals surface area contributed by atoms with Gasteiger partial charge in [0.1, 0.15) is 5.75 Å².